The van der Waals surface area contributed by atoms with Crippen molar-refractivity contribution in [2.45, 2.75) is 40.2 Å². The van der Waals surface area contributed by atoms with Crippen LogP contribution in [0.5, 0.6) is 0 Å². The van der Waals surface area contributed by atoms with Crippen LogP contribution in [0.1, 0.15) is 41.9 Å². The van der Waals surface area contributed by atoms with Gasteiger partial charge >= 0.3 is 5.97 Å². The lowest BCUT2D eigenvalue weighted by molar-refractivity contribution is -0.129. The Bertz CT molecular complexity index is 740. The molecule has 0 saturated carbocycles. The van der Waals surface area contributed by atoms with Crippen molar-refractivity contribution in [2.24, 2.45) is 0 Å². The van der Waals surface area contributed by atoms with Gasteiger partial charge in [0.15, 0.2) is 6.10 Å². The Labute approximate surface area is 136 Å². The molecule has 1 aromatic carbocycles. The summed E-state index contributed by atoms with van der Waals surface area (Å²) in [6.45, 7) is 7.75. The van der Waals surface area contributed by atoms with E-state index in [4.69, 9.17) is 4.74 Å². The lowest BCUT2D eigenvalue weighted by Crippen LogP contribution is -2.36. The molecule has 5 nitrogen and oxygen atoms in total. The van der Waals surface area contributed by atoms with Crippen molar-refractivity contribution in [3.05, 3.63) is 41.1 Å². The minimum Gasteiger partial charge on any atom is -0.449 e. The van der Waals surface area contributed by atoms with Crippen LogP contribution in [0.2, 0.25) is 0 Å². The van der Waals surface area contributed by atoms with Crippen molar-refractivity contribution in [3.63, 3.8) is 0 Å². The molecule has 1 amide bonds. The van der Waals surface area contributed by atoms with Crippen LogP contribution in [0.25, 0.3) is 10.9 Å². The summed E-state index contributed by atoms with van der Waals surface area (Å²) in [4.78, 5) is 28.8. The number of aromatic nitrogens is 1. The maximum atomic E-state index is 12.5. The quantitative estimate of drug-likeness (QED) is 0.862. The van der Waals surface area contributed by atoms with Crippen molar-refractivity contribution in [2.75, 3.05) is 6.54 Å². The van der Waals surface area contributed by atoms with E-state index in [1.165, 1.54) is 0 Å². The molecule has 0 aliphatic carbocycles. The van der Waals surface area contributed by atoms with Gasteiger partial charge in [-0.15, -0.1) is 0 Å². The van der Waals surface area contributed by atoms with Crippen LogP contribution in [-0.4, -0.2) is 29.5 Å². The molecule has 1 unspecified atom stereocenters. The van der Waals surface area contributed by atoms with Crippen LogP contribution in [-0.2, 0) is 9.53 Å². The van der Waals surface area contributed by atoms with Gasteiger partial charge in [-0.25, -0.2) is 4.79 Å². The summed E-state index contributed by atoms with van der Waals surface area (Å²) in [5, 5.41) is 3.63. The standard InChI is InChI=1S/C18H22N2O3/c1-5-10-19-17(21)13(4)23-18(22)16-11(2)14-8-6-7-9-15(14)20-12(16)3/h6-9,13H,5,10H2,1-4H3,(H,19,21). The van der Waals surface area contributed by atoms with Gasteiger partial charge in [-0.05, 0) is 38.8 Å². The molecular formula is C18H22N2O3. The van der Waals surface area contributed by atoms with E-state index < -0.39 is 12.1 Å². The van der Waals surface area contributed by atoms with Crippen LogP contribution in [0.3, 0.4) is 0 Å². The number of para-hydroxylation sites is 1. The van der Waals surface area contributed by atoms with Gasteiger partial charge in [-0.1, -0.05) is 25.1 Å². The summed E-state index contributed by atoms with van der Waals surface area (Å²) < 4.78 is 5.31. The van der Waals surface area contributed by atoms with E-state index >= 15 is 0 Å². The van der Waals surface area contributed by atoms with Gasteiger partial charge in [-0.2, -0.15) is 0 Å². The van der Waals surface area contributed by atoms with Crippen LogP contribution in [0.4, 0.5) is 0 Å². The highest BCUT2D eigenvalue weighted by Gasteiger charge is 2.22. The normalized spacial score (nSPS) is 12.0. The fourth-order valence-corrected chi connectivity index (χ4v) is 2.50. The molecule has 5 heteroatoms. The Balaban J connectivity index is 2.26. The predicted octanol–water partition coefficient (Wildman–Crippen LogP) is 2.92. The second-order valence-corrected chi connectivity index (χ2v) is 5.55. The highest BCUT2D eigenvalue weighted by Crippen LogP contribution is 2.23. The summed E-state index contributed by atoms with van der Waals surface area (Å²) in [6.07, 6.45) is -0.00141. The molecule has 2 aromatic rings. The van der Waals surface area contributed by atoms with Gasteiger partial charge in [0.25, 0.3) is 5.91 Å². The number of ether oxygens (including phenoxy) is 1. The van der Waals surface area contributed by atoms with E-state index in [0.29, 0.717) is 17.8 Å². The number of aryl methyl sites for hydroxylation is 2. The van der Waals surface area contributed by atoms with Crippen molar-refractivity contribution >= 4 is 22.8 Å². The number of rotatable bonds is 5. The molecule has 0 bridgehead atoms. The number of fused-ring (bicyclic) bond motifs is 1. The number of carbonyl (C=O) groups is 2. The third kappa shape index (κ3) is 3.67. The smallest absolute Gasteiger partial charge is 0.341 e. The molecule has 1 atom stereocenters. The number of nitrogens with zero attached hydrogens (tertiary/aromatic N) is 1. The third-order valence-electron chi connectivity index (χ3n) is 3.74. The molecule has 2 rings (SSSR count). The van der Waals surface area contributed by atoms with Gasteiger partial charge in [0.05, 0.1) is 16.8 Å². The minimum atomic E-state index is -0.834. The molecular weight excluding hydrogens is 292 g/mol. The minimum absolute atomic E-state index is 0.288. The van der Waals surface area contributed by atoms with E-state index in [2.05, 4.69) is 10.3 Å². The third-order valence-corrected chi connectivity index (χ3v) is 3.74. The van der Waals surface area contributed by atoms with Crippen LogP contribution >= 0.6 is 0 Å². The van der Waals surface area contributed by atoms with E-state index in [9.17, 15) is 9.59 Å². The van der Waals surface area contributed by atoms with Gasteiger partial charge < -0.3 is 10.1 Å². The van der Waals surface area contributed by atoms with Gasteiger partial charge in [0.2, 0.25) is 0 Å². The lowest BCUT2D eigenvalue weighted by Gasteiger charge is -2.16. The summed E-state index contributed by atoms with van der Waals surface area (Å²) in [6, 6.07) is 7.64. The molecule has 1 aromatic heterocycles. The molecule has 0 aliphatic rings. The van der Waals surface area contributed by atoms with Gasteiger partial charge in [0, 0.05) is 11.9 Å². The Morgan fingerprint density at radius 3 is 2.65 bits per heavy atom. The van der Waals surface area contributed by atoms with E-state index in [0.717, 1.165) is 22.9 Å². The fraction of sp³-hybridized carbons (Fsp3) is 0.389. The number of hydrogen-bond acceptors (Lipinski definition) is 4. The number of amides is 1. The van der Waals surface area contributed by atoms with Crippen molar-refractivity contribution < 1.29 is 14.3 Å². The SMILES string of the molecule is CCCNC(=O)C(C)OC(=O)c1c(C)nc2ccccc2c1C. The van der Waals surface area contributed by atoms with E-state index in [1.54, 1.807) is 13.8 Å². The predicted molar refractivity (Wildman–Crippen MR) is 89.4 cm³/mol. The number of carbonyl (C=O) groups excluding carboxylic acids is 2. The van der Waals surface area contributed by atoms with Crippen molar-refractivity contribution in [1.29, 1.82) is 0 Å². The topological polar surface area (TPSA) is 68.3 Å². The average Bonchev–Trinajstić information content (AvgIpc) is 2.52. The molecule has 1 N–H and O–H groups in total. The Morgan fingerprint density at radius 1 is 1.26 bits per heavy atom. The molecule has 0 saturated heterocycles. The average molecular weight is 314 g/mol. The maximum absolute atomic E-state index is 12.5. The van der Waals surface area contributed by atoms with Crippen molar-refractivity contribution in [3.8, 4) is 0 Å². The number of hydrogen-bond donors (Lipinski definition) is 1. The monoisotopic (exact) mass is 314 g/mol. The molecule has 23 heavy (non-hydrogen) atoms. The van der Waals surface area contributed by atoms with Crippen LogP contribution in [0.15, 0.2) is 24.3 Å². The lowest BCUT2D eigenvalue weighted by atomic mass is 10.0. The molecule has 0 spiro atoms. The van der Waals surface area contributed by atoms with Crippen LogP contribution in [0, 0.1) is 13.8 Å². The summed E-state index contributed by atoms with van der Waals surface area (Å²) in [5.41, 5.74) is 2.69. The van der Waals surface area contributed by atoms with E-state index in [-0.39, 0.29) is 5.91 Å². The Hall–Kier alpha value is -2.43. The first kappa shape index (κ1) is 16.9. The van der Waals surface area contributed by atoms with E-state index in [1.807, 2.05) is 38.1 Å². The number of benzene rings is 1. The Morgan fingerprint density at radius 2 is 1.96 bits per heavy atom. The zero-order valence-electron chi connectivity index (χ0n) is 14.0. The summed E-state index contributed by atoms with van der Waals surface area (Å²) >= 11 is 0. The highest BCUT2D eigenvalue weighted by atomic mass is 16.5. The zero-order valence-corrected chi connectivity index (χ0v) is 14.0. The number of nitrogens with one attached hydrogen (secondary N) is 1. The fourth-order valence-electron chi connectivity index (χ4n) is 2.50. The van der Waals surface area contributed by atoms with Crippen molar-refractivity contribution in [1.82, 2.24) is 10.3 Å². The summed E-state index contributed by atoms with van der Waals surface area (Å²) in [5.74, 6) is -0.804. The second-order valence-electron chi connectivity index (χ2n) is 5.55. The summed E-state index contributed by atoms with van der Waals surface area (Å²) in [7, 11) is 0. The molecule has 1 heterocycles. The first-order chi connectivity index (χ1) is 11.0. The first-order valence-corrected chi connectivity index (χ1v) is 7.80. The highest BCUT2D eigenvalue weighted by molar-refractivity contribution is 5.99. The van der Waals surface area contributed by atoms with Gasteiger partial charge in [0.1, 0.15) is 0 Å². The maximum Gasteiger partial charge on any atom is 0.341 e. The zero-order chi connectivity index (χ0) is 17.0. The number of pyridine rings is 1. The van der Waals surface area contributed by atoms with Crippen LogP contribution < -0.4 is 5.32 Å². The second kappa shape index (κ2) is 7.22. The number of esters is 1. The first-order valence-electron chi connectivity index (χ1n) is 7.80. The largest absolute Gasteiger partial charge is 0.449 e. The Kier molecular flexibility index (Phi) is 5.32. The molecule has 0 radical (unpaired) electrons. The molecule has 0 fully saturated rings. The molecule has 0 aliphatic heterocycles. The van der Waals surface area contributed by atoms with Gasteiger partial charge in [-0.3, -0.25) is 9.78 Å². The molecule has 122 valence electrons.